The predicted octanol–water partition coefficient (Wildman–Crippen LogP) is 2.57. The van der Waals surface area contributed by atoms with Crippen molar-refractivity contribution in [1.82, 2.24) is 10.6 Å². The first kappa shape index (κ1) is 16.6. The molecule has 116 valence electrons. The molecule has 20 heavy (non-hydrogen) atoms. The minimum atomic E-state index is -0.436. The van der Waals surface area contributed by atoms with E-state index in [9.17, 15) is 9.59 Å². The molecule has 0 atom stereocenters. The van der Waals surface area contributed by atoms with Crippen molar-refractivity contribution in [2.24, 2.45) is 0 Å². The molecule has 1 aliphatic carbocycles. The summed E-state index contributed by atoms with van der Waals surface area (Å²) in [6.45, 7) is 3.93. The molecule has 2 N–H and O–H groups in total. The van der Waals surface area contributed by atoms with Crippen LogP contribution in [0.1, 0.15) is 52.4 Å². The summed E-state index contributed by atoms with van der Waals surface area (Å²) in [7, 11) is 3.12. The summed E-state index contributed by atoms with van der Waals surface area (Å²) < 4.78 is 10.9. The Morgan fingerprint density at radius 3 is 1.35 bits per heavy atom. The van der Waals surface area contributed by atoms with Crippen LogP contribution in [0.15, 0.2) is 0 Å². The van der Waals surface area contributed by atoms with Crippen molar-refractivity contribution in [2.75, 3.05) is 14.1 Å². The lowest BCUT2D eigenvalue weighted by Gasteiger charge is -2.37. The van der Waals surface area contributed by atoms with Gasteiger partial charge >= 0.3 is 12.2 Å². The van der Waals surface area contributed by atoms with Crippen LogP contribution in [0.2, 0.25) is 0 Å². The molecule has 6 nitrogen and oxygen atoms in total. The van der Waals surface area contributed by atoms with E-state index in [2.05, 4.69) is 10.6 Å². The van der Waals surface area contributed by atoms with Crippen molar-refractivity contribution >= 4 is 12.2 Å². The molecule has 0 bridgehead atoms. The number of nitrogens with one attached hydrogen (secondary N) is 2. The standard InChI is InChI=1S/C14H26N2O4/c1-13(19-11(17)15-3)7-5-9-14(2,10-6-8-13)20-12(18)16-4/h5-10H2,1-4H3,(H,15,17)(H,16,18). The maximum Gasteiger partial charge on any atom is 0.407 e. The zero-order valence-electron chi connectivity index (χ0n) is 12.9. The SMILES string of the molecule is CNC(=O)OC1(C)CCCC(C)(OC(=O)NC)CCC1. The second-order valence-corrected chi connectivity index (χ2v) is 5.89. The molecule has 0 spiro atoms. The fourth-order valence-electron chi connectivity index (χ4n) is 2.68. The second-order valence-electron chi connectivity index (χ2n) is 5.89. The first-order chi connectivity index (χ1) is 9.32. The van der Waals surface area contributed by atoms with E-state index in [1.807, 2.05) is 13.8 Å². The fraction of sp³-hybridized carbons (Fsp3) is 0.857. The van der Waals surface area contributed by atoms with Gasteiger partial charge in [0.2, 0.25) is 0 Å². The molecular formula is C14H26N2O4. The van der Waals surface area contributed by atoms with E-state index in [1.54, 1.807) is 14.1 Å². The number of hydrogen-bond donors (Lipinski definition) is 2. The maximum absolute atomic E-state index is 11.4. The van der Waals surface area contributed by atoms with E-state index in [1.165, 1.54) is 0 Å². The van der Waals surface area contributed by atoms with Gasteiger partial charge in [-0.25, -0.2) is 9.59 Å². The third kappa shape index (κ3) is 4.90. The summed E-state index contributed by atoms with van der Waals surface area (Å²) in [6.07, 6.45) is 4.00. The van der Waals surface area contributed by atoms with Crippen LogP contribution in [-0.2, 0) is 9.47 Å². The molecule has 0 heterocycles. The van der Waals surface area contributed by atoms with Crippen LogP contribution in [-0.4, -0.2) is 37.5 Å². The Bertz CT molecular complexity index is 315. The molecule has 0 saturated heterocycles. The normalized spacial score (nSPS) is 30.6. The van der Waals surface area contributed by atoms with Crippen LogP contribution >= 0.6 is 0 Å². The minimum absolute atomic E-state index is 0.391. The highest BCUT2D eigenvalue weighted by atomic mass is 16.6. The predicted molar refractivity (Wildman–Crippen MR) is 75.6 cm³/mol. The molecule has 0 aromatic carbocycles. The molecule has 1 rings (SSSR count). The Hall–Kier alpha value is -1.46. The third-order valence-electron chi connectivity index (χ3n) is 3.91. The number of hydrogen-bond acceptors (Lipinski definition) is 4. The van der Waals surface area contributed by atoms with Gasteiger partial charge in [-0.1, -0.05) is 0 Å². The van der Waals surface area contributed by atoms with E-state index in [0.29, 0.717) is 0 Å². The summed E-state index contributed by atoms with van der Waals surface area (Å²) in [5.74, 6) is 0. The zero-order valence-corrected chi connectivity index (χ0v) is 12.9. The van der Waals surface area contributed by atoms with Crippen LogP contribution in [0.4, 0.5) is 9.59 Å². The van der Waals surface area contributed by atoms with Crippen molar-refractivity contribution in [3.8, 4) is 0 Å². The molecule has 0 aliphatic heterocycles. The van der Waals surface area contributed by atoms with Crippen LogP contribution in [0, 0.1) is 0 Å². The van der Waals surface area contributed by atoms with Gasteiger partial charge in [0, 0.05) is 14.1 Å². The van der Waals surface area contributed by atoms with Crippen molar-refractivity contribution in [3.63, 3.8) is 0 Å². The average molecular weight is 286 g/mol. The molecule has 0 unspecified atom stereocenters. The molecule has 0 aromatic heterocycles. The van der Waals surface area contributed by atoms with E-state index in [-0.39, 0.29) is 0 Å². The quantitative estimate of drug-likeness (QED) is 0.818. The summed E-state index contributed by atoms with van der Waals surface area (Å²) in [5.41, 5.74) is -0.872. The topological polar surface area (TPSA) is 76.7 Å². The van der Waals surface area contributed by atoms with Gasteiger partial charge in [0.15, 0.2) is 0 Å². The van der Waals surface area contributed by atoms with Crippen LogP contribution in [0.3, 0.4) is 0 Å². The Labute approximate surface area is 120 Å². The highest BCUT2D eigenvalue weighted by molar-refractivity contribution is 5.67. The number of carbonyl (C=O) groups is 2. The van der Waals surface area contributed by atoms with Gasteiger partial charge in [-0.3, -0.25) is 0 Å². The van der Waals surface area contributed by atoms with Crippen molar-refractivity contribution in [3.05, 3.63) is 0 Å². The highest BCUT2D eigenvalue weighted by Crippen LogP contribution is 2.35. The van der Waals surface area contributed by atoms with Gasteiger partial charge in [-0.2, -0.15) is 0 Å². The Morgan fingerprint density at radius 1 is 0.800 bits per heavy atom. The maximum atomic E-state index is 11.4. The zero-order chi connectivity index (χ0) is 15.2. The highest BCUT2D eigenvalue weighted by Gasteiger charge is 2.36. The second kappa shape index (κ2) is 6.81. The number of rotatable bonds is 2. The van der Waals surface area contributed by atoms with Crippen molar-refractivity contribution in [1.29, 1.82) is 0 Å². The van der Waals surface area contributed by atoms with Gasteiger partial charge in [0.1, 0.15) is 11.2 Å². The van der Waals surface area contributed by atoms with E-state index < -0.39 is 23.4 Å². The number of alkyl carbamates (subject to hydrolysis) is 2. The van der Waals surface area contributed by atoms with Gasteiger partial charge in [-0.15, -0.1) is 0 Å². The molecule has 0 aromatic rings. The van der Waals surface area contributed by atoms with Gasteiger partial charge in [0.05, 0.1) is 0 Å². The first-order valence-corrected chi connectivity index (χ1v) is 7.14. The summed E-state index contributed by atoms with van der Waals surface area (Å²) >= 11 is 0. The smallest absolute Gasteiger partial charge is 0.407 e. The van der Waals surface area contributed by atoms with Crippen LogP contribution in [0.25, 0.3) is 0 Å². The summed E-state index contributed by atoms with van der Waals surface area (Å²) in [4.78, 5) is 22.8. The molecule has 1 aliphatic rings. The van der Waals surface area contributed by atoms with Crippen molar-refractivity contribution < 1.29 is 19.1 Å². The molecule has 1 saturated carbocycles. The fourth-order valence-corrected chi connectivity index (χ4v) is 2.68. The number of ether oxygens (including phenoxy) is 2. The molecule has 0 radical (unpaired) electrons. The average Bonchev–Trinajstić information content (AvgIpc) is 2.36. The molecule has 2 amide bonds. The van der Waals surface area contributed by atoms with Crippen molar-refractivity contribution in [2.45, 2.75) is 63.6 Å². The first-order valence-electron chi connectivity index (χ1n) is 7.14. The van der Waals surface area contributed by atoms with E-state index in [0.717, 1.165) is 38.5 Å². The molecular weight excluding hydrogens is 260 g/mol. The Kier molecular flexibility index (Phi) is 5.65. The third-order valence-corrected chi connectivity index (χ3v) is 3.91. The van der Waals surface area contributed by atoms with E-state index in [4.69, 9.17) is 9.47 Å². The number of carbonyl (C=O) groups excluding carboxylic acids is 2. The van der Waals surface area contributed by atoms with Gasteiger partial charge in [-0.05, 0) is 52.4 Å². The monoisotopic (exact) mass is 286 g/mol. The molecule has 1 fully saturated rings. The largest absolute Gasteiger partial charge is 0.443 e. The summed E-state index contributed by atoms with van der Waals surface area (Å²) in [6, 6.07) is 0. The van der Waals surface area contributed by atoms with Crippen LogP contribution < -0.4 is 10.6 Å². The van der Waals surface area contributed by atoms with Gasteiger partial charge < -0.3 is 20.1 Å². The lowest BCUT2D eigenvalue weighted by Crippen LogP contribution is -2.41. The lowest BCUT2D eigenvalue weighted by molar-refractivity contribution is -0.0306. The molecule has 6 heteroatoms. The Balaban J connectivity index is 2.58. The summed E-state index contributed by atoms with van der Waals surface area (Å²) in [5, 5.41) is 4.97. The lowest BCUT2D eigenvalue weighted by atomic mass is 9.82. The van der Waals surface area contributed by atoms with Crippen LogP contribution in [0.5, 0.6) is 0 Å². The van der Waals surface area contributed by atoms with E-state index >= 15 is 0 Å². The van der Waals surface area contributed by atoms with Gasteiger partial charge in [0.25, 0.3) is 0 Å². The Morgan fingerprint density at radius 2 is 1.10 bits per heavy atom. The minimum Gasteiger partial charge on any atom is -0.443 e. The number of amides is 2.